The Bertz CT molecular complexity index is 1030. The van der Waals surface area contributed by atoms with E-state index in [9.17, 15) is 4.79 Å². The summed E-state index contributed by atoms with van der Waals surface area (Å²) in [6, 6.07) is 8.18. The molecule has 2 unspecified atom stereocenters. The maximum absolute atomic E-state index is 12.5. The zero-order chi connectivity index (χ0) is 18.0. The number of para-hydroxylation sites is 1. The lowest BCUT2D eigenvalue weighted by molar-refractivity contribution is -0.143. The summed E-state index contributed by atoms with van der Waals surface area (Å²) in [7, 11) is 0. The maximum atomic E-state index is 12.5. The molecule has 27 heavy (non-hydrogen) atoms. The van der Waals surface area contributed by atoms with Crippen LogP contribution in [0, 0.1) is 5.92 Å². The number of carbonyl (C=O) groups excluding carboxylic acids is 1. The first kappa shape index (κ1) is 15.6. The highest BCUT2D eigenvalue weighted by molar-refractivity contribution is 7.19. The Morgan fingerprint density at radius 1 is 1.15 bits per heavy atom. The van der Waals surface area contributed by atoms with Crippen LogP contribution in [0.5, 0.6) is 0 Å². The van der Waals surface area contributed by atoms with Crippen molar-refractivity contribution in [1.29, 1.82) is 0 Å². The van der Waals surface area contributed by atoms with Crippen LogP contribution in [0.2, 0.25) is 0 Å². The first-order valence-corrected chi connectivity index (χ1v) is 10.6. The van der Waals surface area contributed by atoms with Crippen molar-refractivity contribution in [2.45, 2.75) is 31.8 Å². The van der Waals surface area contributed by atoms with E-state index >= 15 is 0 Å². The normalized spacial score (nSPS) is 27.0. The minimum atomic E-state index is -0.233. The van der Waals surface area contributed by atoms with Crippen molar-refractivity contribution in [3.05, 3.63) is 58.3 Å². The van der Waals surface area contributed by atoms with Crippen molar-refractivity contribution in [3.63, 3.8) is 0 Å². The molecule has 5 heteroatoms. The number of esters is 1. The second-order valence-corrected chi connectivity index (χ2v) is 8.76. The van der Waals surface area contributed by atoms with Gasteiger partial charge in [-0.05, 0) is 49.0 Å². The second kappa shape index (κ2) is 5.80. The summed E-state index contributed by atoms with van der Waals surface area (Å²) < 4.78 is 7.04. The van der Waals surface area contributed by atoms with E-state index in [0.29, 0.717) is 0 Å². The highest BCUT2D eigenvalue weighted by Gasteiger charge is 2.43. The molecule has 0 spiro atoms. The van der Waals surface area contributed by atoms with Crippen molar-refractivity contribution >= 4 is 33.1 Å². The zero-order valence-electron chi connectivity index (χ0n) is 15.0. The van der Waals surface area contributed by atoms with Crippen LogP contribution in [-0.2, 0) is 9.53 Å². The molecule has 136 valence electrons. The molecule has 2 aromatic rings. The molecule has 0 amide bonds. The number of rotatable bonds is 1. The van der Waals surface area contributed by atoms with Gasteiger partial charge in [-0.2, -0.15) is 0 Å². The van der Waals surface area contributed by atoms with Crippen molar-refractivity contribution in [3.8, 4) is 0 Å². The van der Waals surface area contributed by atoms with E-state index in [4.69, 9.17) is 9.72 Å². The number of benzene rings is 1. The maximum Gasteiger partial charge on any atom is 0.331 e. The average Bonchev–Trinajstić information content (AvgIpc) is 3.12. The van der Waals surface area contributed by atoms with Gasteiger partial charge in [-0.3, -0.25) is 0 Å². The molecule has 1 saturated heterocycles. The van der Waals surface area contributed by atoms with Gasteiger partial charge in [0.05, 0.1) is 10.2 Å². The molecule has 4 heterocycles. The lowest BCUT2D eigenvalue weighted by Crippen LogP contribution is -2.43. The van der Waals surface area contributed by atoms with Crippen LogP contribution in [-0.4, -0.2) is 35.0 Å². The topological polar surface area (TPSA) is 42.4 Å². The minimum absolute atomic E-state index is 0.0927. The van der Waals surface area contributed by atoms with Crippen molar-refractivity contribution in [2.24, 2.45) is 5.92 Å². The van der Waals surface area contributed by atoms with Gasteiger partial charge in [0.25, 0.3) is 0 Å². The van der Waals surface area contributed by atoms with Crippen LogP contribution in [0.4, 0.5) is 0 Å². The number of ether oxygens (including phenoxy) is 1. The molecule has 4 nitrogen and oxygen atoms in total. The molecule has 4 aliphatic rings. The Morgan fingerprint density at radius 2 is 2.00 bits per heavy atom. The number of thiazole rings is 1. The number of fused-ring (bicyclic) bond motifs is 3. The highest BCUT2D eigenvalue weighted by Crippen LogP contribution is 2.48. The number of carbonyl (C=O) groups is 1. The van der Waals surface area contributed by atoms with Gasteiger partial charge >= 0.3 is 5.97 Å². The fourth-order valence-corrected chi connectivity index (χ4v) is 6.08. The van der Waals surface area contributed by atoms with E-state index in [1.54, 1.807) is 17.4 Å². The standard InChI is InChI=1S/C22H20N2O2S/c25-19-12-16(22-23-17-7-1-2-8-18(17)27-22)15-11-13-5-3-9-24-10-4-6-14(20(13)24)21(15)26-19/h1-2,7-8,11-12,15,21H,3-6,9-10H2. The Kier molecular flexibility index (Phi) is 3.36. The van der Waals surface area contributed by atoms with Gasteiger partial charge in [-0.1, -0.05) is 18.2 Å². The van der Waals surface area contributed by atoms with Crippen molar-refractivity contribution in [1.82, 2.24) is 9.88 Å². The van der Waals surface area contributed by atoms with E-state index in [-0.39, 0.29) is 18.0 Å². The first-order chi connectivity index (χ1) is 13.3. The smallest absolute Gasteiger partial charge is 0.331 e. The Morgan fingerprint density at radius 3 is 2.89 bits per heavy atom. The third kappa shape index (κ3) is 2.34. The third-order valence-electron chi connectivity index (χ3n) is 6.14. The second-order valence-electron chi connectivity index (χ2n) is 7.73. The zero-order valence-corrected chi connectivity index (χ0v) is 15.8. The molecule has 1 fully saturated rings. The van der Waals surface area contributed by atoms with E-state index in [1.165, 1.54) is 23.3 Å². The number of hydrogen-bond donors (Lipinski definition) is 0. The van der Waals surface area contributed by atoms with Gasteiger partial charge in [0.15, 0.2) is 0 Å². The summed E-state index contributed by atoms with van der Waals surface area (Å²) >= 11 is 1.67. The molecule has 3 aliphatic heterocycles. The van der Waals surface area contributed by atoms with Crippen LogP contribution >= 0.6 is 11.3 Å². The van der Waals surface area contributed by atoms with Gasteiger partial charge in [-0.15, -0.1) is 11.3 Å². The van der Waals surface area contributed by atoms with Gasteiger partial charge in [0.1, 0.15) is 11.1 Å². The van der Waals surface area contributed by atoms with Gasteiger partial charge in [0, 0.05) is 36.4 Å². The summed E-state index contributed by atoms with van der Waals surface area (Å²) in [6.07, 6.45) is 8.39. The summed E-state index contributed by atoms with van der Waals surface area (Å²) in [5.41, 5.74) is 6.19. The van der Waals surface area contributed by atoms with Crippen LogP contribution in [0.3, 0.4) is 0 Å². The number of nitrogens with zero attached hydrogens (tertiary/aromatic N) is 2. The predicted octanol–water partition coefficient (Wildman–Crippen LogP) is 4.31. The minimum Gasteiger partial charge on any atom is -0.454 e. The van der Waals surface area contributed by atoms with Crippen LogP contribution in [0.1, 0.15) is 30.7 Å². The van der Waals surface area contributed by atoms with Gasteiger partial charge in [-0.25, -0.2) is 9.78 Å². The monoisotopic (exact) mass is 376 g/mol. The van der Waals surface area contributed by atoms with Crippen molar-refractivity contribution in [2.75, 3.05) is 13.1 Å². The Hall–Kier alpha value is -2.40. The fourth-order valence-electron chi connectivity index (χ4n) is 5.05. The molecular formula is C22H20N2O2S. The Labute approximate surface area is 161 Å². The molecule has 1 aliphatic carbocycles. The number of piperidine rings is 1. The molecular weight excluding hydrogens is 356 g/mol. The Balaban J connectivity index is 1.49. The van der Waals surface area contributed by atoms with Crippen LogP contribution in [0.15, 0.2) is 53.3 Å². The number of hydrogen-bond acceptors (Lipinski definition) is 5. The first-order valence-electron chi connectivity index (χ1n) is 9.75. The van der Waals surface area contributed by atoms with Crippen molar-refractivity contribution < 1.29 is 9.53 Å². The molecule has 6 rings (SSSR count). The van der Waals surface area contributed by atoms with E-state index in [0.717, 1.165) is 53.1 Å². The molecule has 1 aromatic heterocycles. The molecule has 0 bridgehead atoms. The molecule has 0 saturated carbocycles. The summed E-state index contributed by atoms with van der Waals surface area (Å²) in [5.74, 6) is -0.140. The number of allylic oxidation sites excluding steroid dienone is 1. The lowest BCUT2D eigenvalue weighted by Gasteiger charge is -2.45. The highest BCUT2D eigenvalue weighted by atomic mass is 32.1. The fraction of sp³-hybridized carbons (Fsp3) is 0.364. The van der Waals surface area contributed by atoms with Gasteiger partial charge < -0.3 is 9.64 Å². The molecule has 0 N–H and O–H groups in total. The summed E-state index contributed by atoms with van der Waals surface area (Å²) in [6.45, 7) is 2.25. The van der Waals surface area contributed by atoms with E-state index in [2.05, 4.69) is 17.0 Å². The van der Waals surface area contributed by atoms with Crippen LogP contribution < -0.4 is 0 Å². The summed E-state index contributed by atoms with van der Waals surface area (Å²) in [4.78, 5) is 19.8. The number of aromatic nitrogens is 1. The van der Waals surface area contributed by atoms with Crippen LogP contribution in [0.25, 0.3) is 15.8 Å². The third-order valence-corrected chi connectivity index (χ3v) is 7.23. The predicted molar refractivity (Wildman–Crippen MR) is 106 cm³/mol. The summed E-state index contributed by atoms with van der Waals surface area (Å²) in [5, 5.41) is 0.951. The van der Waals surface area contributed by atoms with E-state index in [1.807, 2.05) is 18.2 Å². The van der Waals surface area contributed by atoms with Gasteiger partial charge in [0.2, 0.25) is 0 Å². The quantitative estimate of drug-likeness (QED) is 0.696. The van der Waals surface area contributed by atoms with E-state index < -0.39 is 0 Å². The largest absolute Gasteiger partial charge is 0.454 e. The average molecular weight is 376 g/mol. The molecule has 1 aromatic carbocycles. The molecule has 0 radical (unpaired) electrons. The molecule has 2 atom stereocenters. The lowest BCUT2D eigenvalue weighted by atomic mass is 9.75. The SMILES string of the molecule is O=C1C=C(c2nc3ccccc3s2)C2C=C3CCCN4CCCC(=C34)C2O1.